The van der Waals surface area contributed by atoms with Crippen LogP contribution in [0.25, 0.3) is 11.3 Å². The Morgan fingerprint density at radius 2 is 1.89 bits per heavy atom. The van der Waals surface area contributed by atoms with Crippen molar-refractivity contribution in [2.45, 2.75) is 38.3 Å². The highest BCUT2D eigenvalue weighted by Crippen LogP contribution is 2.36. The number of benzene rings is 1. The van der Waals surface area contributed by atoms with Crippen molar-refractivity contribution in [1.82, 2.24) is 9.78 Å². The van der Waals surface area contributed by atoms with Gasteiger partial charge in [0.1, 0.15) is 5.15 Å². The number of hydrogen-bond donors (Lipinski definition) is 1. The molecule has 0 radical (unpaired) electrons. The van der Waals surface area contributed by atoms with E-state index in [2.05, 4.69) is 5.10 Å². The zero-order chi connectivity index (χ0) is 13.2. The van der Waals surface area contributed by atoms with Crippen molar-refractivity contribution in [1.29, 1.82) is 0 Å². The Hall–Kier alpha value is -1.32. The highest BCUT2D eigenvalue weighted by molar-refractivity contribution is 6.30. The largest absolute Gasteiger partial charge is 0.391 e. The van der Waals surface area contributed by atoms with Crippen LogP contribution in [0.1, 0.15) is 37.3 Å². The van der Waals surface area contributed by atoms with E-state index in [0.29, 0.717) is 11.2 Å². The van der Waals surface area contributed by atoms with Gasteiger partial charge in [0, 0.05) is 11.1 Å². The van der Waals surface area contributed by atoms with Gasteiger partial charge in [-0.25, -0.2) is 4.68 Å². The summed E-state index contributed by atoms with van der Waals surface area (Å²) in [7, 11) is 0. The van der Waals surface area contributed by atoms with Gasteiger partial charge in [0.15, 0.2) is 0 Å². The molecule has 1 aliphatic carbocycles. The molecule has 19 heavy (non-hydrogen) atoms. The molecule has 0 saturated heterocycles. The van der Waals surface area contributed by atoms with E-state index in [9.17, 15) is 5.11 Å². The van der Waals surface area contributed by atoms with Crippen LogP contribution in [0.15, 0.2) is 30.3 Å². The molecule has 0 atom stereocenters. The molecule has 2 aromatic rings. The van der Waals surface area contributed by atoms with Crippen LogP contribution in [0, 0.1) is 0 Å². The van der Waals surface area contributed by atoms with Crippen molar-refractivity contribution in [3.63, 3.8) is 0 Å². The standard InChI is InChI=1S/C15H17ClN2O/c16-15-13(10-19)14(11-6-2-1-3-7-11)17-18(15)12-8-4-5-9-12/h1-3,6-7,12,19H,4-5,8-10H2. The summed E-state index contributed by atoms with van der Waals surface area (Å²) < 4.78 is 1.91. The smallest absolute Gasteiger partial charge is 0.133 e. The number of halogens is 1. The Morgan fingerprint density at radius 3 is 2.53 bits per heavy atom. The van der Waals surface area contributed by atoms with Crippen molar-refractivity contribution in [2.75, 3.05) is 0 Å². The lowest BCUT2D eigenvalue weighted by atomic mass is 10.1. The molecule has 1 saturated carbocycles. The molecule has 3 nitrogen and oxygen atoms in total. The molecular weight excluding hydrogens is 260 g/mol. The van der Waals surface area contributed by atoms with Gasteiger partial charge >= 0.3 is 0 Å². The molecule has 0 aliphatic heterocycles. The molecular formula is C15H17ClN2O. The number of aromatic nitrogens is 2. The molecule has 1 aromatic heterocycles. The van der Waals surface area contributed by atoms with Gasteiger partial charge in [-0.15, -0.1) is 0 Å². The number of aliphatic hydroxyl groups is 1. The Labute approximate surface area is 117 Å². The van der Waals surface area contributed by atoms with Gasteiger partial charge in [-0.3, -0.25) is 0 Å². The summed E-state index contributed by atoms with van der Waals surface area (Å²) in [5, 5.41) is 14.8. The summed E-state index contributed by atoms with van der Waals surface area (Å²) in [5.41, 5.74) is 2.55. The Kier molecular flexibility index (Phi) is 3.58. The fourth-order valence-electron chi connectivity index (χ4n) is 2.81. The minimum atomic E-state index is -0.0736. The fraction of sp³-hybridized carbons (Fsp3) is 0.400. The van der Waals surface area contributed by atoms with Crippen molar-refractivity contribution < 1.29 is 5.11 Å². The van der Waals surface area contributed by atoms with E-state index in [4.69, 9.17) is 11.6 Å². The third kappa shape index (κ3) is 2.28. The topological polar surface area (TPSA) is 38.1 Å². The van der Waals surface area contributed by atoms with Gasteiger partial charge in [-0.05, 0) is 12.8 Å². The predicted molar refractivity (Wildman–Crippen MR) is 76.1 cm³/mol. The van der Waals surface area contributed by atoms with Gasteiger partial charge in [0.25, 0.3) is 0 Å². The molecule has 0 spiro atoms. The highest BCUT2D eigenvalue weighted by Gasteiger charge is 2.24. The van der Waals surface area contributed by atoms with Gasteiger partial charge in [-0.1, -0.05) is 54.8 Å². The van der Waals surface area contributed by atoms with E-state index in [1.807, 2.05) is 35.0 Å². The van der Waals surface area contributed by atoms with Crippen molar-refractivity contribution in [3.05, 3.63) is 41.0 Å². The zero-order valence-electron chi connectivity index (χ0n) is 10.7. The lowest BCUT2D eigenvalue weighted by molar-refractivity contribution is 0.282. The lowest BCUT2D eigenvalue weighted by Crippen LogP contribution is -2.06. The van der Waals surface area contributed by atoms with Gasteiger partial charge in [0.05, 0.1) is 18.3 Å². The van der Waals surface area contributed by atoms with E-state index in [1.54, 1.807) is 0 Å². The van der Waals surface area contributed by atoms with E-state index >= 15 is 0 Å². The van der Waals surface area contributed by atoms with Crippen LogP contribution in [0.5, 0.6) is 0 Å². The summed E-state index contributed by atoms with van der Waals surface area (Å²) in [6, 6.07) is 10.3. The number of nitrogens with zero attached hydrogens (tertiary/aromatic N) is 2. The molecule has 4 heteroatoms. The predicted octanol–water partition coefficient (Wildman–Crippen LogP) is 3.81. The first kappa shape index (κ1) is 12.7. The van der Waals surface area contributed by atoms with E-state index in [-0.39, 0.29) is 6.61 Å². The van der Waals surface area contributed by atoms with Crippen LogP contribution in [-0.2, 0) is 6.61 Å². The molecule has 0 unspecified atom stereocenters. The summed E-state index contributed by atoms with van der Waals surface area (Å²) in [5.74, 6) is 0. The van der Waals surface area contributed by atoms with Crippen LogP contribution < -0.4 is 0 Å². The van der Waals surface area contributed by atoms with Crippen molar-refractivity contribution in [3.8, 4) is 11.3 Å². The normalized spacial score (nSPS) is 16.1. The average Bonchev–Trinajstić information content (AvgIpc) is 3.07. The molecule has 1 N–H and O–H groups in total. The summed E-state index contributed by atoms with van der Waals surface area (Å²) in [6.45, 7) is -0.0736. The van der Waals surface area contributed by atoms with E-state index in [0.717, 1.165) is 29.7 Å². The molecule has 1 aliphatic rings. The van der Waals surface area contributed by atoms with Crippen molar-refractivity contribution in [2.24, 2.45) is 0 Å². The summed E-state index contributed by atoms with van der Waals surface area (Å²) in [4.78, 5) is 0. The Bertz CT molecular complexity index is 559. The molecule has 1 heterocycles. The molecule has 3 rings (SSSR count). The first-order valence-electron chi connectivity index (χ1n) is 6.74. The minimum absolute atomic E-state index is 0.0736. The van der Waals surface area contributed by atoms with E-state index < -0.39 is 0 Å². The van der Waals surface area contributed by atoms with Gasteiger partial charge in [-0.2, -0.15) is 5.10 Å². The summed E-state index contributed by atoms with van der Waals surface area (Å²) >= 11 is 6.40. The molecule has 1 fully saturated rings. The third-order valence-electron chi connectivity index (χ3n) is 3.82. The first-order valence-corrected chi connectivity index (χ1v) is 7.12. The maximum Gasteiger partial charge on any atom is 0.133 e. The van der Waals surface area contributed by atoms with Crippen molar-refractivity contribution >= 4 is 11.6 Å². The van der Waals surface area contributed by atoms with Gasteiger partial charge in [0.2, 0.25) is 0 Å². The fourth-order valence-corrected chi connectivity index (χ4v) is 3.13. The second-order valence-electron chi connectivity index (χ2n) is 5.02. The minimum Gasteiger partial charge on any atom is -0.391 e. The molecule has 1 aromatic carbocycles. The van der Waals surface area contributed by atoms with Crippen LogP contribution in [0.3, 0.4) is 0 Å². The third-order valence-corrected chi connectivity index (χ3v) is 4.22. The van der Waals surface area contributed by atoms with Crippen LogP contribution in [0.4, 0.5) is 0 Å². The van der Waals surface area contributed by atoms with Crippen LogP contribution >= 0.6 is 11.6 Å². The number of rotatable bonds is 3. The number of hydrogen-bond acceptors (Lipinski definition) is 2. The quantitative estimate of drug-likeness (QED) is 0.926. The van der Waals surface area contributed by atoms with Crippen LogP contribution in [0.2, 0.25) is 5.15 Å². The number of aliphatic hydroxyl groups excluding tert-OH is 1. The molecule has 100 valence electrons. The maximum atomic E-state index is 9.58. The Morgan fingerprint density at radius 1 is 1.21 bits per heavy atom. The first-order chi connectivity index (χ1) is 9.31. The zero-order valence-corrected chi connectivity index (χ0v) is 11.5. The highest BCUT2D eigenvalue weighted by atomic mass is 35.5. The second-order valence-corrected chi connectivity index (χ2v) is 5.38. The second kappa shape index (κ2) is 5.35. The van der Waals surface area contributed by atoms with Gasteiger partial charge < -0.3 is 5.11 Å². The SMILES string of the molecule is OCc1c(-c2ccccc2)nn(C2CCCC2)c1Cl. The molecule has 0 bridgehead atoms. The van der Waals surface area contributed by atoms with E-state index in [1.165, 1.54) is 12.8 Å². The summed E-state index contributed by atoms with van der Waals surface area (Å²) in [6.07, 6.45) is 4.72. The molecule has 0 amide bonds. The average molecular weight is 277 g/mol. The van der Waals surface area contributed by atoms with Crippen LogP contribution in [-0.4, -0.2) is 14.9 Å². The monoisotopic (exact) mass is 276 g/mol. The lowest BCUT2D eigenvalue weighted by Gasteiger charge is -2.10. The Balaban J connectivity index is 2.07. The maximum absolute atomic E-state index is 9.58.